The first kappa shape index (κ1) is 31.5. The minimum Gasteiger partial charge on any atom is -0.462 e. The van der Waals surface area contributed by atoms with Gasteiger partial charge in [0.15, 0.2) is 5.01 Å². The highest BCUT2D eigenvalue weighted by Gasteiger charge is 2.71. The van der Waals surface area contributed by atoms with E-state index in [1.807, 2.05) is 0 Å². The zero-order valence-corrected chi connectivity index (χ0v) is 22.2. The van der Waals surface area contributed by atoms with Crippen LogP contribution in [0.2, 0.25) is 0 Å². The van der Waals surface area contributed by atoms with Gasteiger partial charge in [-0.1, -0.05) is 6.07 Å². The van der Waals surface area contributed by atoms with Gasteiger partial charge in [0.25, 0.3) is 17.4 Å². The minimum atomic E-state index is -6.21. The second kappa shape index (κ2) is 11.1. The highest BCUT2D eigenvalue weighted by molar-refractivity contribution is 7.17. The Morgan fingerprint density at radius 3 is 2.27 bits per heavy atom. The number of alkyl halides is 7. The van der Waals surface area contributed by atoms with E-state index in [9.17, 15) is 50.5 Å². The number of halogens is 7. The van der Waals surface area contributed by atoms with Crippen molar-refractivity contribution >= 4 is 23.2 Å². The van der Waals surface area contributed by atoms with Crippen molar-refractivity contribution in [2.75, 3.05) is 20.0 Å². The Hall–Kier alpha value is -2.98. The Labute approximate surface area is 227 Å². The molecule has 0 aliphatic carbocycles. The number of carbonyl (C=O) groups excluding carboxylic acids is 2. The third-order valence-corrected chi connectivity index (χ3v) is 7.28. The molecule has 16 heteroatoms. The Kier molecular flexibility index (Phi) is 8.77. The van der Waals surface area contributed by atoms with E-state index in [1.54, 1.807) is 6.92 Å². The van der Waals surface area contributed by atoms with Gasteiger partial charge in [-0.2, -0.15) is 26.3 Å². The number of nitrogens with one attached hydrogen (secondary N) is 1. The first-order valence-corrected chi connectivity index (χ1v) is 12.7. The summed E-state index contributed by atoms with van der Waals surface area (Å²) < 4.78 is 98.7. The number of benzene rings is 1. The normalized spacial score (nSPS) is 16.8. The summed E-state index contributed by atoms with van der Waals surface area (Å²) in [6, 6.07) is 0.962. The molecular formula is C24H26F7N3O5S. The van der Waals surface area contributed by atoms with Crippen molar-refractivity contribution in [3.63, 3.8) is 0 Å². The van der Waals surface area contributed by atoms with E-state index < -0.39 is 53.5 Å². The smallest absolute Gasteiger partial charge is 0.430 e. The van der Waals surface area contributed by atoms with Crippen LogP contribution in [0, 0.1) is 0 Å². The Bertz CT molecular complexity index is 1240. The number of rotatable bonds is 8. The lowest BCUT2D eigenvalue weighted by Gasteiger charge is -2.33. The van der Waals surface area contributed by atoms with Gasteiger partial charge in [0.2, 0.25) is 6.86 Å². The quantitative estimate of drug-likeness (QED) is 0.383. The standard InChI is InChI=1S/C24H26F7N3O5S/c1-12-5-4-8-34(12)20(36)16-17(40-19(33-16)18(35)32-10-21(2,3)37)14-7-6-13(9-15(14)39-11-25)22(38,23(26,27)28)24(29,30)31/h6-7,9,12,37-38H,4-5,8,10-11H2,1-3H3,(H,32,35). The third-order valence-electron chi connectivity index (χ3n) is 6.19. The fraction of sp³-hybridized carbons (Fsp3) is 0.542. The lowest BCUT2D eigenvalue weighted by molar-refractivity contribution is -0.376. The van der Waals surface area contributed by atoms with Crippen LogP contribution in [-0.4, -0.2) is 75.9 Å². The van der Waals surface area contributed by atoms with Gasteiger partial charge < -0.3 is 25.2 Å². The summed E-state index contributed by atoms with van der Waals surface area (Å²) in [5.74, 6) is -2.35. The average molecular weight is 602 g/mol. The number of hydrogen-bond donors (Lipinski definition) is 3. The van der Waals surface area contributed by atoms with Gasteiger partial charge in [-0.05, 0) is 45.7 Å². The molecule has 1 aliphatic heterocycles. The molecule has 1 fully saturated rings. The number of thiazole rings is 1. The van der Waals surface area contributed by atoms with Crippen molar-refractivity contribution in [2.45, 2.75) is 63.2 Å². The van der Waals surface area contributed by atoms with Gasteiger partial charge in [-0.15, -0.1) is 11.3 Å². The Morgan fingerprint density at radius 2 is 1.77 bits per heavy atom. The molecule has 222 valence electrons. The molecule has 3 N–H and O–H groups in total. The van der Waals surface area contributed by atoms with Gasteiger partial charge in [0.05, 0.1) is 10.5 Å². The van der Waals surface area contributed by atoms with Crippen LogP contribution in [0.15, 0.2) is 18.2 Å². The molecular weight excluding hydrogens is 575 g/mol. The maximum Gasteiger partial charge on any atom is 0.430 e. The van der Waals surface area contributed by atoms with Gasteiger partial charge in [-0.25, -0.2) is 9.37 Å². The van der Waals surface area contributed by atoms with Gasteiger partial charge in [0.1, 0.15) is 11.4 Å². The molecule has 0 bridgehead atoms. The molecule has 2 heterocycles. The number of amides is 2. The molecule has 0 saturated carbocycles. The molecule has 3 rings (SSSR count). The number of ether oxygens (including phenoxy) is 1. The summed E-state index contributed by atoms with van der Waals surface area (Å²) in [7, 11) is 0. The van der Waals surface area contributed by atoms with Crippen molar-refractivity contribution in [3.8, 4) is 16.2 Å². The van der Waals surface area contributed by atoms with E-state index in [0.29, 0.717) is 42.9 Å². The second-order valence-corrected chi connectivity index (χ2v) is 10.9. The Balaban J connectivity index is 2.20. The molecule has 0 radical (unpaired) electrons. The fourth-order valence-corrected chi connectivity index (χ4v) is 5.09. The van der Waals surface area contributed by atoms with Crippen LogP contribution in [0.3, 0.4) is 0 Å². The summed E-state index contributed by atoms with van der Waals surface area (Å²) in [6.07, 6.45) is -11.1. The zero-order chi connectivity index (χ0) is 30.3. The summed E-state index contributed by atoms with van der Waals surface area (Å²) in [6.45, 7) is 3.01. The van der Waals surface area contributed by atoms with Crippen LogP contribution in [0.1, 0.15) is 59.5 Å². The molecule has 1 aromatic heterocycles. The molecule has 2 aromatic rings. The largest absolute Gasteiger partial charge is 0.462 e. The molecule has 1 saturated heterocycles. The van der Waals surface area contributed by atoms with Crippen LogP contribution < -0.4 is 10.1 Å². The van der Waals surface area contributed by atoms with E-state index in [0.717, 1.165) is 0 Å². The molecule has 2 amide bonds. The minimum absolute atomic E-state index is 0.177. The van der Waals surface area contributed by atoms with Crippen molar-refractivity contribution in [2.24, 2.45) is 0 Å². The summed E-state index contributed by atoms with van der Waals surface area (Å²) in [5, 5.41) is 21.8. The number of carbonyl (C=O) groups is 2. The monoisotopic (exact) mass is 601 g/mol. The number of nitrogens with zero attached hydrogens (tertiary/aromatic N) is 2. The maximum absolute atomic E-state index is 13.4. The molecule has 8 nitrogen and oxygen atoms in total. The van der Waals surface area contributed by atoms with Crippen LogP contribution in [-0.2, 0) is 5.60 Å². The van der Waals surface area contributed by atoms with Crippen LogP contribution in [0.25, 0.3) is 10.4 Å². The molecule has 40 heavy (non-hydrogen) atoms. The summed E-state index contributed by atoms with van der Waals surface area (Å²) >= 11 is 0.562. The third kappa shape index (κ3) is 6.17. The second-order valence-electron chi connectivity index (χ2n) is 9.85. The number of aliphatic hydroxyl groups is 2. The van der Waals surface area contributed by atoms with Crippen molar-refractivity contribution in [3.05, 3.63) is 34.5 Å². The van der Waals surface area contributed by atoms with E-state index in [-0.39, 0.29) is 39.8 Å². The predicted octanol–water partition coefficient (Wildman–Crippen LogP) is 4.55. The van der Waals surface area contributed by atoms with Crippen LogP contribution >= 0.6 is 11.3 Å². The predicted molar refractivity (Wildman–Crippen MR) is 129 cm³/mol. The first-order chi connectivity index (χ1) is 18.3. The summed E-state index contributed by atoms with van der Waals surface area (Å²) in [5.41, 5.74) is -9.02. The number of likely N-dealkylation sites (tertiary alicyclic amines) is 1. The topological polar surface area (TPSA) is 112 Å². The van der Waals surface area contributed by atoms with E-state index in [1.165, 1.54) is 18.7 Å². The van der Waals surface area contributed by atoms with E-state index >= 15 is 0 Å². The highest BCUT2D eigenvalue weighted by atomic mass is 32.1. The first-order valence-electron chi connectivity index (χ1n) is 11.8. The van der Waals surface area contributed by atoms with Crippen molar-refractivity contribution in [1.82, 2.24) is 15.2 Å². The lowest BCUT2D eigenvalue weighted by Crippen LogP contribution is -2.53. The van der Waals surface area contributed by atoms with Crippen LogP contribution in [0.4, 0.5) is 30.7 Å². The molecule has 1 aliphatic rings. The van der Waals surface area contributed by atoms with Gasteiger partial charge in [0, 0.05) is 30.3 Å². The zero-order valence-electron chi connectivity index (χ0n) is 21.4. The fourth-order valence-electron chi connectivity index (χ4n) is 4.09. The van der Waals surface area contributed by atoms with E-state index in [2.05, 4.69) is 10.3 Å². The average Bonchev–Trinajstić information content (AvgIpc) is 3.46. The van der Waals surface area contributed by atoms with Crippen molar-refractivity contribution < 1.29 is 55.3 Å². The maximum atomic E-state index is 13.4. The summed E-state index contributed by atoms with van der Waals surface area (Å²) in [4.78, 5) is 31.5. The highest BCUT2D eigenvalue weighted by Crippen LogP contribution is 2.51. The lowest BCUT2D eigenvalue weighted by atomic mass is 9.90. The van der Waals surface area contributed by atoms with Gasteiger partial charge in [-0.3, -0.25) is 9.59 Å². The molecule has 1 atom stereocenters. The van der Waals surface area contributed by atoms with E-state index in [4.69, 9.17) is 4.74 Å². The van der Waals surface area contributed by atoms with Crippen LogP contribution in [0.5, 0.6) is 5.75 Å². The molecule has 1 unspecified atom stereocenters. The Morgan fingerprint density at radius 1 is 1.15 bits per heavy atom. The molecule has 1 aromatic carbocycles. The van der Waals surface area contributed by atoms with Gasteiger partial charge >= 0.3 is 12.4 Å². The SMILES string of the molecule is CC1CCCN1C(=O)c1nc(C(=O)NCC(C)(C)O)sc1-c1ccc(C(O)(C(F)(F)F)C(F)(F)F)cc1OCF. The van der Waals surface area contributed by atoms with Crippen molar-refractivity contribution in [1.29, 1.82) is 0 Å². The number of aromatic nitrogens is 1. The molecule has 0 spiro atoms. The number of hydrogen-bond acceptors (Lipinski definition) is 7.